The predicted octanol–water partition coefficient (Wildman–Crippen LogP) is 4.38. The van der Waals surface area contributed by atoms with Gasteiger partial charge in [-0.05, 0) is 35.3 Å². The summed E-state index contributed by atoms with van der Waals surface area (Å²) in [6, 6.07) is 3.59. The van der Waals surface area contributed by atoms with Crippen LogP contribution >= 0.6 is 27.3 Å². The van der Waals surface area contributed by atoms with E-state index in [9.17, 15) is 4.79 Å². The first-order valence-electron chi connectivity index (χ1n) is 6.91. The first kappa shape index (κ1) is 16.0. The van der Waals surface area contributed by atoms with Gasteiger partial charge in [-0.2, -0.15) is 0 Å². The van der Waals surface area contributed by atoms with Crippen LogP contribution in [0.15, 0.2) is 16.6 Å². The van der Waals surface area contributed by atoms with E-state index in [4.69, 9.17) is 4.74 Å². The number of amides is 2. The molecule has 2 aromatic rings. The van der Waals surface area contributed by atoms with E-state index in [2.05, 4.69) is 38.5 Å². The molecule has 0 saturated carbocycles. The van der Waals surface area contributed by atoms with Crippen molar-refractivity contribution in [2.45, 2.75) is 26.7 Å². The van der Waals surface area contributed by atoms with Crippen LogP contribution in [0.25, 0.3) is 10.2 Å². The third-order valence-electron chi connectivity index (χ3n) is 2.74. The lowest BCUT2D eigenvalue weighted by Gasteiger charge is -2.05. The Labute approximate surface area is 136 Å². The summed E-state index contributed by atoms with van der Waals surface area (Å²) < 4.78 is 7.61. The molecule has 0 aliphatic rings. The zero-order chi connectivity index (χ0) is 15.2. The number of rotatable bonds is 6. The first-order chi connectivity index (χ1) is 10.1. The van der Waals surface area contributed by atoms with Gasteiger partial charge in [0.2, 0.25) is 0 Å². The summed E-state index contributed by atoms with van der Waals surface area (Å²) >= 11 is 4.96. The first-order valence-corrected chi connectivity index (χ1v) is 8.52. The minimum atomic E-state index is -0.243. The molecule has 114 valence electrons. The number of anilines is 1. The predicted molar refractivity (Wildman–Crippen MR) is 90.4 cm³/mol. The Morgan fingerprint density at radius 1 is 1.43 bits per heavy atom. The smallest absolute Gasteiger partial charge is 0.321 e. The van der Waals surface area contributed by atoms with Gasteiger partial charge in [-0.1, -0.05) is 24.7 Å². The average molecular weight is 372 g/mol. The molecule has 0 radical (unpaired) electrons. The molecular weight excluding hydrogens is 354 g/mol. The molecule has 1 aromatic heterocycles. The number of nitrogens with one attached hydrogen (secondary N) is 2. The zero-order valence-corrected chi connectivity index (χ0v) is 14.4. The molecule has 7 heteroatoms. The minimum Gasteiger partial charge on any atom is -0.493 e. The van der Waals surface area contributed by atoms with Gasteiger partial charge < -0.3 is 10.1 Å². The lowest BCUT2D eigenvalue weighted by Crippen LogP contribution is -2.28. The number of nitrogens with zero attached hydrogens (tertiary/aromatic N) is 1. The van der Waals surface area contributed by atoms with Crippen LogP contribution in [-0.4, -0.2) is 24.2 Å². The van der Waals surface area contributed by atoms with Crippen LogP contribution in [-0.2, 0) is 0 Å². The molecule has 2 amide bonds. The van der Waals surface area contributed by atoms with Gasteiger partial charge in [-0.15, -0.1) is 0 Å². The number of aromatic nitrogens is 1. The Bertz CT molecular complexity index is 630. The van der Waals surface area contributed by atoms with E-state index < -0.39 is 0 Å². The van der Waals surface area contributed by atoms with Crippen molar-refractivity contribution in [2.75, 3.05) is 18.5 Å². The number of carbonyl (C=O) groups excluding carboxylic acids is 1. The number of carbonyl (C=O) groups is 1. The van der Waals surface area contributed by atoms with Crippen LogP contribution in [0.5, 0.6) is 5.75 Å². The molecule has 21 heavy (non-hydrogen) atoms. The van der Waals surface area contributed by atoms with Crippen molar-refractivity contribution in [3.8, 4) is 5.75 Å². The summed E-state index contributed by atoms with van der Waals surface area (Å²) in [4.78, 5) is 15.9. The summed E-state index contributed by atoms with van der Waals surface area (Å²) in [5, 5.41) is 5.98. The van der Waals surface area contributed by atoms with Gasteiger partial charge in [0.15, 0.2) is 5.13 Å². The van der Waals surface area contributed by atoms with Crippen LogP contribution in [0, 0.1) is 0 Å². The molecule has 0 spiro atoms. The number of halogens is 1. The van der Waals surface area contributed by atoms with E-state index >= 15 is 0 Å². The Balaban J connectivity index is 2.17. The van der Waals surface area contributed by atoms with Gasteiger partial charge in [0.1, 0.15) is 5.75 Å². The average Bonchev–Trinajstić information content (AvgIpc) is 2.82. The van der Waals surface area contributed by atoms with Gasteiger partial charge in [-0.25, -0.2) is 9.78 Å². The fourth-order valence-electron chi connectivity index (χ4n) is 1.74. The van der Waals surface area contributed by atoms with Crippen molar-refractivity contribution in [3.63, 3.8) is 0 Å². The number of ether oxygens (including phenoxy) is 1. The highest BCUT2D eigenvalue weighted by molar-refractivity contribution is 9.10. The Morgan fingerprint density at radius 2 is 2.24 bits per heavy atom. The second-order valence-electron chi connectivity index (χ2n) is 4.46. The van der Waals surface area contributed by atoms with Crippen molar-refractivity contribution in [2.24, 2.45) is 0 Å². The van der Waals surface area contributed by atoms with Crippen molar-refractivity contribution >= 4 is 48.6 Å². The number of thiazole rings is 1. The van der Waals surface area contributed by atoms with Crippen molar-refractivity contribution in [1.29, 1.82) is 0 Å². The Kier molecular flexibility index (Phi) is 5.81. The normalized spacial score (nSPS) is 10.6. The zero-order valence-electron chi connectivity index (χ0n) is 12.0. The highest BCUT2D eigenvalue weighted by Crippen LogP contribution is 2.35. The SMILES string of the molecule is CCCCOc1cc(Br)c2sc(NC(=O)NCC)nc2c1. The monoisotopic (exact) mass is 371 g/mol. The molecule has 2 N–H and O–H groups in total. The van der Waals surface area contributed by atoms with Gasteiger partial charge in [0.05, 0.1) is 16.8 Å². The largest absolute Gasteiger partial charge is 0.493 e. The number of urea groups is 1. The van der Waals surface area contributed by atoms with Crippen molar-refractivity contribution < 1.29 is 9.53 Å². The topological polar surface area (TPSA) is 63.2 Å². The van der Waals surface area contributed by atoms with Gasteiger partial charge in [0.25, 0.3) is 0 Å². The van der Waals surface area contributed by atoms with Crippen LogP contribution < -0.4 is 15.4 Å². The van der Waals surface area contributed by atoms with Crippen LogP contribution in [0.2, 0.25) is 0 Å². The van der Waals surface area contributed by atoms with Crippen LogP contribution in [0.4, 0.5) is 9.93 Å². The number of fused-ring (bicyclic) bond motifs is 1. The van der Waals surface area contributed by atoms with Crippen LogP contribution in [0.1, 0.15) is 26.7 Å². The number of hydrogen-bond donors (Lipinski definition) is 2. The second-order valence-corrected chi connectivity index (χ2v) is 6.31. The van der Waals surface area contributed by atoms with E-state index in [1.807, 2.05) is 19.1 Å². The van der Waals surface area contributed by atoms with E-state index in [0.717, 1.165) is 33.3 Å². The van der Waals surface area contributed by atoms with Crippen molar-refractivity contribution in [3.05, 3.63) is 16.6 Å². The van der Waals surface area contributed by atoms with Gasteiger partial charge >= 0.3 is 6.03 Å². The van der Waals surface area contributed by atoms with E-state index in [0.29, 0.717) is 18.3 Å². The third kappa shape index (κ3) is 4.31. The van der Waals surface area contributed by atoms with E-state index in [1.165, 1.54) is 11.3 Å². The summed E-state index contributed by atoms with van der Waals surface area (Å²) in [5.74, 6) is 0.790. The standard InChI is InChI=1S/C14H18BrN3O2S/c1-3-5-6-20-9-7-10(15)12-11(8-9)17-14(21-12)18-13(19)16-4-2/h7-8H,3-6H2,1-2H3,(H2,16,17,18,19). The minimum absolute atomic E-state index is 0.243. The quantitative estimate of drug-likeness (QED) is 0.740. The molecule has 0 atom stereocenters. The fraction of sp³-hybridized carbons (Fsp3) is 0.429. The Hall–Kier alpha value is -1.34. The Morgan fingerprint density at radius 3 is 2.95 bits per heavy atom. The summed E-state index contributed by atoms with van der Waals surface area (Å²) in [5.41, 5.74) is 0.813. The summed E-state index contributed by atoms with van der Waals surface area (Å²) in [7, 11) is 0. The molecule has 0 fully saturated rings. The fourth-order valence-corrected chi connectivity index (χ4v) is 3.26. The second kappa shape index (κ2) is 7.61. The third-order valence-corrected chi connectivity index (χ3v) is 4.65. The molecule has 5 nitrogen and oxygen atoms in total. The molecule has 0 bridgehead atoms. The molecule has 2 rings (SSSR count). The summed E-state index contributed by atoms with van der Waals surface area (Å²) in [6.07, 6.45) is 2.12. The number of benzene rings is 1. The molecule has 0 aliphatic carbocycles. The highest BCUT2D eigenvalue weighted by atomic mass is 79.9. The van der Waals surface area contributed by atoms with E-state index in [-0.39, 0.29) is 6.03 Å². The molecule has 1 heterocycles. The highest BCUT2D eigenvalue weighted by Gasteiger charge is 2.11. The number of hydrogen-bond acceptors (Lipinski definition) is 4. The molecule has 0 saturated heterocycles. The molecule has 0 aliphatic heterocycles. The van der Waals surface area contributed by atoms with Crippen LogP contribution in [0.3, 0.4) is 0 Å². The number of unbranched alkanes of at least 4 members (excludes halogenated alkanes) is 1. The molecule has 0 unspecified atom stereocenters. The van der Waals surface area contributed by atoms with E-state index in [1.54, 1.807) is 0 Å². The molecule has 1 aromatic carbocycles. The lowest BCUT2D eigenvalue weighted by molar-refractivity contribution is 0.252. The maximum absolute atomic E-state index is 11.5. The lowest BCUT2D eigenvalue weighted by atomic mass is 10.3. The maximum Gasteiger partial charge on any atom is 0.321 e. The van der Waals surface area contributed by atoms with Crippen molar-refractivity contribution in [1.82, 2.24) is 10.3 Å². The molecular formula is C14H18BrN3O2S. The summed E-state index contributed by atoms with van der Waals surface area (Å²) in [6.45, 7) is 5.27. The maximum atomic E-state index is 11.5. The van der Waals surface area contributed by atoms with Gasteiger partial charge in [0, 0.05) is 17.1 Å². The van der Waals surface area contributed by atoms with Gasteiger partial charge in [-0.3, -0.25) is 5.32 Å².